The maximum Gasteiger partial charge on any atom is 0.166 e. The Morgan fingerprint density at radius 2 is 2.13 bits per heavy atom. The third-order valence-corrected chi connectivity index (χ3v) is 3.11. The van der Waals surface area contributed by atoms with E-state index in [1.54, 1.807) is 7.11 Å². The van der Waals surface area contributed by atoms with Crippen LogP contribution in [0.3, 0.4) is 0 Å². The monoisotopic (exact) mass is 204 g/mol. The van der Waals surface area contributed by atoms with Crippen molar-refractivity contribution in [2.45, 2.75) is 25.7 Å². The number of methoxy groups -OCH3 is 1. The fourth-order valence-electron chi connectivity index (χ4n) is 1.94. The molecule has 0 unspecified atom stereocenters. The number of benzene rings is 1. The number of rotatable bonds is 4. The highest BCUT2D eigenvalue weighted by atomic mass is 16.5. The number of hydrogen-bond donors (Lipinski definition) is 0. The number of carbonyl (C=O) groups excluding carboxylic acids is 1. The van der Waals surface area contributed by atoms with Crippen LogP contribution in [0.2, 0.25) is 0 Å². The Morgan fingerprint density at radius 1 is 1.40 bits per heavy atom. The van der Waals surface area contributed by atoms with Gasteiger partial charge >= 0.3 is 0 Å². The molecule has 0 spiro atoms. The summed E-state index contributed by atoms with van der Waals surface area (Å²) in [5.41, 5.74) is 0.729. The van der Waals surface area contributed by atoms with Crippen LogP contribution in [0.25, 0.3) is 0 Å². The van der Waals surface area contributed by atoms with Crippen molar-refractivity contribution in [2.75, 3.05) is 7.11 Å². The Balaban J connectivity index is 2.09. The van der Waals surface area contributed by atoms with E-state index in [0.29, 0.717) is 18.1 Å². The minimum absolute atomic E-state index is 0.220. The molecule has 2 heteroatoms. The summed E-state index contributed by atoms with van der Waals surface area (Å²) in [4.78, 5) is 11.9. The average molecular weight is 204 g/mol. The molecular weight excluding hydrogens is 188 g/mol. The van der Waals surface area contributed by atoms with Gasteiger partial charge in [-0.15, -0.1) is 0 Å². The second-order valence-electron chi connectivity index (χ2n) is 4.12. The molecule has 1 fully saturated rings. The van der Waals surface area contributed by atoms with Crippen LogP contribution in [0.1, 0.15) is 36.0 Å². The Bertz CT molecular complexity index is 353. The summed E-state index contributed by atoms with van der Waals surface area (Å²) in [5, 5.41) is 0. The van der Waals surface area contributed by atoms with E-state index < -0.39 is 0 Å². The highest BCUT2D eigenvalue weighted by Crippen LogP contribution is 2.31. The zero-order valence-corrected chi connectivity index (χ0v) is 9.03. The van der Waals surface area contributed by atoms with Gasteiger partial charge in [-0.05, 0) is 18.1 Å². The van der Waals surface area contributed by atoms with Crippen LogP contribution in [0.5, 0.6) is 5.75 Å². The van der Waals surface area contributed by atoms with Gasteiger partial charge in [0.2, 0.25) is 0 Å². The third kappa shape index (κ3) is 2.20. The lowest BCUT2D eigenvalue weighted by atomic mass is 9.81. The fourth-order valence-corrected chi connectivity index (χ4v) is 1.94. The first-order chi connectivity index (χ1) is 7.31. The van der Waals surface area contributed by atoms with E-state index in [1.807, 2.05) is 24.3 Å². The molecule has 1 saturated carbocycles. The summed E-state index contributed by atoms with van der Waals surface area (Å²) in [5.74, 6) is 1.53. The summed E-state index contributed by atoms with van der Waals surface area (Å²) in [6.07, 6.45) is 4.38. The lowest BCUT2D eigenvalue weighted by Crippen LogP contribution is -2.16. The van der Waals surface area contributed by atoms with E-state index in [1.165, 1.54) is 19.3 Å². The molecule has 1 aromatic rings. The summed E-state index contributed by atoms with van der Waals surface area (Å²) < 4.78 is 5.18. The molecule has 2 nitrogen and oxygen atoms in total. The van der Waals surface area contributed by atoms with Gasteiger partial charge in [-0.2, -0.15) is 0 Å². The van der Waals surface area contributed by atoms with Crippen LogP contribution in [0.4, 0.5) is 0 Å². The van der Waals surface area contributed by atoms with Gasteiger partial charge in [0.05, 0.1) is 12.7 Å². The first-order valence-electron chi connectivity index (χ1n) is 5.47. The molecule has 2 rings (SSSR count). The van der Waals surface area contributed by atoms with Gasteiger partial charge < -0.3 is 4.74 Å². The maximum atomic E-state index is 11.9. The molecule has 0 heterocycles. The fraction of sp³-hybridized carbons (Fsp3) is 0.462. The Kier molecular flexibility index (Phi) is 3.05. The standard InChI is InChI=1S/C13H16O2/c1-15-13-8-3-2-7-11(13)12(14)9-10-5-4-6-10/h2-3,7-8,10H,4-6,9H2,1H3. The molecule has 15 heavy (non-hydrogen) atoms. The number of hydrogen-bond acceptors (Lipinski definition) is 2. The van der Waals surface area contributed by atoms with Gasteiger partial charge in [0.15, 0.2) is 5.78 Å². The van der Waals surface area contributed by atoms with Crippen molar-refractivity contribution in [3.8, 4) is 5.75 Å². The zero-order chi connectivity index (χ0) is 10.7. The van der Waals surface area contributed by atoms with Crippen LogP contribution >= 0.6 is 0 Å². The van der Waals surface area contributed by atoms with E-state index in [4.69, 9.17) is 4.74 Å². The van der Waals surface area contributed by atoms with Crippen molar-refractivity contribution in [3.63, 3.8) is 0 Å². The maximum absolute atomic E-state index is 11.9. The van der Waals surface area contributed by atoms with Crippen LogP contribution < -0.4 is 4.74 Å². The lowest BCUT2D eigenvalue weighted by molar-refractivity contribution is 0.0933. The summed E-state index contributed by atoms with van der Waals surface area (Å²) >= 11 is 0. The number of ether oxygens (including phenoxy) is 1. The van der Waals surface area contributed by atoms with Crippen LogP contribution in [-0.2, 0) is 0 Å². The van der Waals surface area contributed by atoms with E-state index in [0.717, 1.165) is 5.56 Å². The van der Waals surface area contributed by atoms with Gasteiger partial charge in [0, 0.05) is 6.42 Å². The summed E-state index contributed by atoms with van der Waals surface area (Å²) in [7, 11) is 1.61. The first kappa shape index (κ1) is 10.2. The van der Waals surface area contributed by atoms with Gasteiger partial charge in [0.1, 0.15) is 5.75 Å². The summed E-state index contributed by atoms with van der Waals surface area (Å²) in [6.45, 7) is 0. The molecule has 0 amide bonds. The molecule has 0 aromatic heterocycles. The highest BCUT2D eigenvalue weighted by molar-refractivity contribution is 5.98. The Labute approximate surface area is 90.3 Å². The SMILES string of the molecule is COc1ccccc1C(=O)CC1CCC1. The van der Waals surface area contributed by atoms with Crippen molar-refractivity contribution in [1.82, 2.24) is 0 Å². The first-order valence-corrected chi connectivity index (χ1v) is 5.47. The van der Waals surface area contributed by atoms with Crippen molar-refractivity contribution < 1.29 is 9.53 Å². The predicted molar refractivity (Wildman–Crippen MR) is 59.3 cm³/mol. The van der Waals surface area contributed by atoms with Crippen molar-refractivity contribution in [1.29, 1.82) is 0 Å². The van der Waals surface area contributed by atoms with Gasteiger partial charge in [0.25, 0.3) is 0 Å². The number of para-hydroxylation sites is 1. The van der Waals surface area contributed by atoms with E-state index in [9.17, 15) is 4.79 Å². The average Bonchev–Trinajstić information content (AvgIpc) is 2.23. The molecular formula is C13H16O2. The predicted octanol–water partition coefficient (Wildman–Crippen LogP) is 3.07. The van der Waals surface area contributed by atoms with Gasteiger partial charge in [-0.25, -0.2) is 0 Å². The van der Waals surface area contributed by atoms with Crippen LogP contribution in [0, 0.1) is 5.92 Å². The van der Waals surface area contributed by atoms with Crippen LogP contribution in [0.15, 0.2) is 24.3 Å². The smallest absolute Gasteiger partial charge is 0.166 e. The Hall–Kier alpha value is -1.31. The molecule has 0 aliphatic heterocycles. The van der Waals surface area contributed by atoms with E-state index in [2.05, 4.69) is 0 Å². The topological polar surface area (TPSA) is 26.3 Å². The number of ketones is 1. The zero-order valence-electron chi connectivity index (χ0n) is 9.03. The second-order valence-corrected chi connectivity index (χ2v) is 4.12. The second kappa shape index (κ2) is 4.47. The lowest BCUT2D eigenvalue weighted by Gasteiger charge is -2.24. The molecule has 0 bridgehead atoms. The minimum Gasteiger partial charge on any atom is -0.496 e. The van der Waals surface area contributed by atoms with Crippen LogP contribution in [-0.4, -0.2) is 12.9 Å². The largest absolute Gasteiger partial charge is 0.496 e. The van der Waals surface area contributed by atoms with Crippen molar-refractivity contribution >= 4 is 5.78 Å². The highest BCUT2D eigenvalue weighted by Gasteiger charge is 2.22. The molecule has 0 radical (unpaired) electrons. The molecule has 80 valence electrons. The molecule has 1 aliphatic rings. The molecule has 0 atom stereocenters. The third-order valence-electron chi connectivity index (χ3n) is 3.11. The van der Waals surface area contributed by atoms with Crippen molar-refractivity contribution in [2.24, 2.45) is 5.92 Å². The normalized spacial score (nSPS) is 15.8. The molecule has 1 aliphatic carbocycles. The quantitative estimate of drug-likeness (QED) is 0.704. The van der Waals surface area contributed by atoms with E-state index in [-0.39, 0.29) is 5.78 Å². The number of Topliss-reactive ketones (excluding diaryl/α,β-unsaturated/α-hetero) is 1. The van der Waals surface area contributed by atoms with Crippen molar-refractivity contribution in [3.05, 3.63) is 29.8 Å². The molecule has 0 saturated heterocycles. The van der Waals surface area contributed by atoms with Gasteiger partial charge in [-0.1, -0.05) is 31.4 Å². The Morgan fingerprint density at radius 3 is 2.73 bits per heavy atom. The molecule has 1 aromatic carbocycles. The van der Waals surface area contributed by atoms with E-state index >= 15 is 0 Å². The number of carbonyl (C=O) groups is 1. The summed E-state index contributed by atoms with van der Waals surface area (Å²) in [6, 6.07) is 7.46. The molecule has 0 N–H and O–H groups in total. The minimum atomic E-state index is 0.220. The van der Waals surface area contributed by atoms with Gasteiger partial charge in [-0.3, -0.25) is 4.79 Å².